The summed E-state index contributed by atoms with van der Waals surface area (Å²) < 4.78 is 0. The Morgan fingerprint density at radius 1 is 1.29 bits per heavy atom. The van der Waals surface area contributed by atoms with Gasteiger partial charge in [-0.15, -0.1) is 0 Å². The molecule has 1 aromatic carbocycles. The lowest BCUT2D eigenvalue weighted by molar-refractivity contribution is -0.120. The Hall–Kier alpha value is -2.70. The summed E-state index contributed by atoms with van der Waals surface area (Å²) in [5.41, 5.74) is 0.781. The third-order valence-electron chi connectivity index (χ3n) is 3.47. The number of aromatic carboxylic acids is 1. The molecule has 108 valence electrons. The van der Waals surface area contributed by atoms with Gasteiger partial charge in [0.1, 0.15) is 12.1 Å². The fourth-order valence-corrected chi connectivity index (χ4v) is 2.41. The number of carboxylic acids is 1. The van der Waals surface area contributed by atoms with Gasteiger partial charge in [-0.1, -0.05) is 0 Å². The summed E-state index contributed by atoms with van der Waals surface area (Å²) in [5, 5.41) is 12.6. The van der Waals surface area contributed by atoms with Crippen molar-refractivity contribution in [3.8, 4) is 0 Å². The molecule has 0 saturated carbocycles. The molecule has 1 saturated heterocycles. The molecule has 0 bridgehead atoms. The van der Waals surface area contributed by atoms with E-state index in [9.17, 15) is 9.59 Å². The summed E-state index contributed by atoms with van der Waals surface area (Å²) in [6.45, 7) is 1.81. The molecule has 0 atom stereocenters. The highest BCUT2D eigenvalue weighted by Gasteiger charge is 2.17. The molecule has 2 heterocycles. The zero-order valence-electron chi connectivity index (χ0n) is 11.2. The fraction of sp³-hybridized carbons (Fsp3) is 0.286. The monoisotopic (exact) mass is 286 g/mol. The largest absolute Gasteiger partial charge is 0.478 e. The van der Waals surface area contributed by atoms with Crippen molar-refractivity contribution >= 4 is 28.6 Å². The number of benzene rings is 1. The van der Waals surface area contributed by atoms with Crippen LogP contribution in [-0.2, 0) is 4.79 Å². The van der Waals surface area contributed by atoms with Crippen LogP contribution in [0.1, 0.15) is 16.8 Å². The van der Waals surface area contributed by atoms with Crippen molar-refractivity contribution in [3.05, 3.63) is 30.1 Å². The maximum absolute atomic E-state index is 11.4. The second-order valence-electron chi connectivity index (χ2n) is 4.82. The van der Waals surface area contributed by atoms with Crippen molar-refractivity contribution in [3.63, 3.8) is 0 Å². The first kappa shape index (κ1) is 13.3. The molecule has 0 radical (unpaired) electrons. The van der Waals surface area contributed by atoms with Gasteiger partial charge in [0.15, 0.2) is 0 Å². The Kier molecular flexibility index (Phi) is 3.39. The zero-order chi connectivity index (χ0) is 14.8. The lowest BCUT2D eigenvalue weighted by atomic mass is 10.1. The summed E-state index contributed by atoms with van der Waals surface area (Å²) in [5.74, 6) is -0.223. The van der Waals surface area contributed by atoms with Crippen molar-refractivity contribution in [2.45, 2.75) is 6.42 Å². The van der Waals surface area contributed by atoms with E-state index in [2.05, 4.69) is 15.3 Å². The standard InChI is InChI=1S/C14H14N4O3/c19-12-3-5-18(6-4-15-12)13-10-2-1-9(14(20)21)7-11(10)16-8-17-13/h1-2,7-8H,3-6H2,(H,15,19)(H,20,21). The smallest absolute Gasteiger partial charge is 0.335 e. The molecule has 1 aliphatic rings. The van der Waals surface area contributed by atoms with Crippen LogP contribution in [0.5, 0.6) is 0 Å². The van der Waals surface area contributed by atoms with Crippen LogP contribution in [0, 0.1) is 0 Å². The number of anilines is 1. The number of hydrogen-bond acceptors (Lipinski definition) is 5. The van der Waals surface area contributed by atoms with E-state index in [1.807, 2.05) is 4.90 Å². The third-order valence-corrected chi connectivity index (χ3v) is 3.47. The first-order chi connectivity index (χ1) is 10.1. The number of nitrogens with zero attached hydrogens (tertiary/aromatic N) is 3. The normalized spacial score (nSPS) is 15.6. The van der Waals surface area contributed by atoms with Crippen molar-refractivity contribution < 1.29 is 14.7 Å². The number of hydrogen-bond donors (Lipinski definition) is 2. The van der Waals surface area contributed by atoms with Crippen LogP contribution in [0.4, 0.5) is 5.82 Å². The van der Waals surface area contributed by atoms with Gasteiger partial charge in [-0.05, 0) is 18.2 Å². The fourth-order valence-electron chi connectivity index (χ4n) is 2.41. The molecular weight excluding hydrogens is 272 g/mol. The molecule has 1 aromatic heterocycles. The van der Waals surface area contributed by atoms with E-state index >= 15 is 0 Å². The van der Waals surface area contributed by atoms with Crippen LogP contribution in [-0.4, -0.2) is 46.6 Å². The molecule has 1 amide bonds. The maximum atomic E-state index is 11.4. The van der Waals surface area contributed by atoms with Crippen molar-refractivity contribution in [1.82, 2.24) is 15.3 Å². The Morgan fingerprint density at radius 3 is 2.95 bits per heavy atom. The highest BCUT2D eigenvalue weighted by Crippen LogP contribution is 2.24. The van der Waals surface area contributed by atoms with E-state index in [4.69, 9.17) is 5.11 Å². The minimum Gasteiger partial charge on any atom is -0.478 e. The van der Waals surface area contributed by atoms with E-state index in [1.54, 1.807) is 12.1 Å². The van der Waals surface area contributed by atoms with Gasteiger partial charge >= 0.3 is 5.97 Å². The summed E-state index contributed by atoms with van der Waals surface area (Å²) >= 11 is 0. The van der Waals surface area contributed by atoms with Crippen molar-refractivity contribution in [2.24, 2.45) is 0 Å². The van der Waals surface area contributed by atoms with Gasteiger partial charge in [-0.25, -0.2) is 14.8 Å². The molecule has 2 N–H and O–H groups in total. The van der Waals surface area contributed by atoms with Crippen LogP contribution in [0.25, 0.3) is 10.9 Å². The number of fused-ring (bicyclic) bond motifs is 1. The third kappa shape index (κ3) is 2.62. The van der Waals surface area contributed by atoms with E-state index in [-0.39, 0.29) is 11.5 Å². The molecule has 7 nitrogen and oxygen atoms in total. The van der Waals surface area contributed by atoms with Crippen molar-refractivity contribution in [1.29, 1.82) is 0 Å². The minimum absolute atomic E-state index is 0.0315. The SMILES string of the molecule is O=C1CCN(c2ncnc3cc(C(=O)O)ccc23)CCN1. The number of carbonyl (C=O) groups excluding carboxylic acids is 1. The summed E-state index contributed by atoms with van der Waals surface area (Å²) in [4.78, 5) is 32.9. The maximum Gasteiger partial charge on any atom is 0.335 e. The van der Waals surface area contributed by atoms with E-state index in [0.717, 1.165) is 11.2 Å². The predicted octanol–water partition coefficient (Wildman–Crippen LogP) is 0.654. The highest BCUT2D eigenvalue weighted by atomic mass is 16.4. The minimum atomic E-state index is -0.985. The number of nitrogens with one attached hydrogen (secondary N) is 1. The molecule has 1 aliphatic heterocycles. The predicted molar refractivity (Wildman–Crippen MR) is 76.3 cm³/mol. The Morgan fingerprint density at radius 2 is 2.14 bits per heavy atom. The molecule has 2 aromatic rings. The summed E-state index contributed by atoms with van der Waals surface area (Å²) in [6.07, 6.45) is 1.84. The molecule has 0 unspecified atom stereocenters. The molecule has 7 heteroatoms. The average Bonchev–Trinajstić information content (AvgIpc) is 2.70. The van der Waals surface area contributed by atoms with Crippen LogP contribution in [0.2, 0.25) is 0 Å². The van der Waals surface area contributed by atoms with Gasteiger partial charge in [0.25, 0.3) is 0 Å². The van der Waals surface area contributed by atoms with Gasteiger partial charge in [0.05, 0.1) is 11.1 Å². The Bertz CT molecular complexity index is 716. The lowest BCUT2D eigenvalue weighted by Crippen LogP contribution is -2.29. The van der Waals surface area contributed by atoms with Crippen LogP contribution < -0.4 is 10.2 Å². The number of carboxylic acid groups (broad SMARTS) is 1. The van der Waals surface area contributed by atoms with Gasteiger partial charge in [0, 0.05) is 31.4 Å². The van der Waals surface area contributed by atoms with E-state index < -0.39 is 5.97 Å². The molecule has 3 rings (SSSR count). The first-order valence-corrected chi connectivity index (χ1v) is 6.65. The number of amides is 1. The summed E-state index contributed by atoms with van der Waals surface area (Å²) in [7, 11) is 0. The highest BCUT2D eigenvalue weighted by molar-refractivity contribution is 5.96. The van der Waals surface area contributed by atoms with Crippen LogP contribution >= 0.6 is 0 Å². The first-order valence-electron chi connectivity index (χ1n) is 6.65. The molecule has 21 heavy (non-hydrogen) atoms. The molecule has 1 fully saturated rings. The second-order valence-corrected chi connectivity index (χ2v) is 4.82. The van der Waals surface area contributed by atoms with E-state index in [0.29, 0.717) is 31.6 Å². The van der Waals surface area contributed by atoms with Gasteiger partial charge in [0.2, 0.25) is 5.91 Å². The molecule has 0 spiro atoms. The summed E-state index contributed by atoms with van der Waals surface area (Å²) in [6, 6.07) is 4.79. The van der Waals surface area contributed by atoms with Gasteiger partial charge in [-0.2, -0.15) is 0 Å². The molecular formula is C14H14N4O3. The van der Waals surface area contributed by atoms with E-state index in [1.165, 1.54) is 12.4 Å². The lowest BCUT2D eigenvalue weighted by Gasteiger charge is -2.21. The number of rotatable bonds is 2. The van der Waals surface area contributed by atoms with Gasteiger partial charge < -0.3 is 15.3 Å². The topological polar surface area (TPSA) is 95.4 Å². The quantitative estimate of drug-likeness (QED) is 0.841. The second kappa shape index (κ2) is 5.35. The molecule has 0 aliphatic carbocycles. The van der Waals surface area contributed by atoms with Crippen molar-refractivity contribution in [2.75, 3.05) is 24.5 Å². The van der Waals surface area contributed by atoms with Crippen LogP contribution in [0.3, 0.4) is 0 Å². The van der Waals surface area contributed by atoms with Gasteiger partial charge in [-0.3, -0.25) is 4.79 Å². The Labute approximate surface area is 120 Å². The zero-order valence-corrected chi connectivity index (χ0v) is 11.2. The number of aromatic nitrogens is 2. The Balaban J connectivity index is 2.02. The average molecular weight is 286 g/mol. The van der Waals surface area contributed by atoms with Crippen LogP contribution in [0.15, 0.2) is 24.5 Å². The number of carbonyl (C=O) groups is 2.